The number of ether oxygens (including phenoxy) is 3. The molecule has 0 fully saturated rings. The molecule has 162 valence electrons. The lowest BCUT2D eigenvalue weighted by Gasteiger charge is -2.21. The summed E-state index contributed by atoms with van der Waals surface area (Å²) in [6.07, 6.45) is 1.62. The van der Waals surface area contributed by atoms with Crippen LogP contribution in [0.4, 0.5) is 5.69 Å². The summed E-state index contributed by atoms with van der Waals surface area (Å²) >= 11 is 0. The smallest absolute Gasteiger partial charge is 0.291 e. The largest absolute Gasteiger partial charge is 0.496 e. The van der Waals surface area contributed by atoms with Crippen LogP contribution in [0.2, 0.25) is 0 Å². The second-order valence-corrected chi connectivity index (χ2v) is 7.01. The Morgan fingerprint density at radius 2 is 1.72 bits per heavy atom. The third-order valence-corrected chi connectivity index (χ3v) is 4.99. The predicted octanol–water partition coefficient (Wildman–Crippen LogP) is 4.01. The lowest BCUT2D eigenvalue weighted by atomic mass is 10.1. The number of methoxy groups -OCH3 is 2. The maximum Gasteiger partial charge on any atom is 0.291 e. The fourth-order valence-corrected chi connectivity index (χ4v) is 3.36. The van der Waals surface area contributed by atoms with Crippen LogP contribution < -0.4 is 24.8 Å². The van der Waals surface area contributed by atoms with E-state index in [0.29, 0.717) is 35.0 Å². The van der Waals surface area contributed by atoms with Crippen LogP contribution in [-0.2, 0) is 11.3 Å². The molecule has 1 aliphatic rings. The lowest BCUT2D eigenvalue weighted by molar-refractivity contribution is -0.115. The Labute approximate surface area is 185 Å². The molecule has 7 nitrogen and oxygen atoms in total. The Bertz CT molecular complexity index is 1200. The molecule has 0 aromatic heterocycles. The van der Waals surface area contributed by atoms with Gasteiger partial charge in [-0.2, -0.15) is 0 Å². The molecule has 4 rings (SSSR count). The molecule has 3 aromatic rings. The first-order valence-electron chi connectivity index (χ1n) is 9.97. The number of carbonyl (C=O) groups is 2. The molecule has 3 aromatic carbocycles. The molecule has 0 atom stereocenters. The first-order valence-corrected chi connectivity index (χ1v) is 9.97. The van der Waals surface area contributed by atoms with Gasteiger partial charge in [-0.1, -0.05) is 36.4 Å². The summed E-state index contributed by atoms with van der Waals surface area (Å²) in [5, 5.41) is 5.65. The summed E-state index contributed by atoms with van der Waals surface area (Å²) in [6.45, 7) is 0.314. The molecule has 0 saturated carbocycles. The maximum atomic E-state index is 12.6. The molecule has 32 heavy (non-hydrogen) atoms. The molecule has 0 unspecified atom stereocenters. The van der Waals surface area contributed by atoms with Gasteiger partial charge in [0.25, 0.3) is 11.8 Å². The molecule has 0 saturated heterocycles. The van der Waals surface area contributed by atoms with E-state index in [1.807, 2.05) is 42.5 Å². The molecule has 0 radical (unpaired) electrons. The topological polar surface area (TPSA) is 85.9 Å². The van der Waals surface area contributed by atoms with E-state index in [9.17, 15) is 9.59 Å². The van der Waals surface area contributed by atoms with Crippen molar-refractivity contribution in [2.24, 2.45) is 0 Å². The Morgan fingerprint density at radius 1 is 1.00 bits per heavy atom. The lowest BCUT2D eigenvalue weighted by Crippen LogP contribution is -2.26. The van der Waals surface area contributed by atoms with E-state index >= 15 is 0 Å². The van der Waals surface area contributed by atoms with Crippen molar-refractivity contribution in [1.82, 2.24) is 5.32 Å². The number of rotatable bonds is 6. The summed E-state index contributed by atoms with van der Waals surface area (Å²) in [6, 6.07) is 19.7. The minimum Gasteiger partial charge on any atom is -0.496 e. The molecule has 2 N–H and O–H groups in total. The Kier molecular flexibility index (Phi) is 6.07. The number of fused-ring (bicyclic) bond motifs is 1. The Balaban J connectivity index is 1.50. The van der Waals surface area contributed by atoms with Gasteiger partial charge in [-0.15, -0.1) is 0 Å². The van der Waals surface area contributed by atoms with Crippen LogP contribution in [0.3, 0.4) is 0 Å². The van der Waals surface area contributed by atoms with Gasteiger partial charge in [-0.25, -0.2) is 0 Å². The molecule has 2 amide bonds. The molecule has 7 heteroatoms. The van der Waals surface area contributed by atoms with Crippen LogP contribution in [0.5, 0.6) is 17.2 Å². The van der Waals surface area contributed by atoms with E-state index in [4.69, 9.17) is 14.2 Å². The van der Waals surface area contributed by atoms with Crippen molar-refractivity contribution >= 4 is 23.6 Å². The van der Waals surface area contributed by atoms with Gasteiger partial charge in [0.2, 0.25) is 0 Å². The normalized spacial score (nSPS) is 13.6. The Morgan fingerprint density at radius 3 is 2.50 bits per heavy atom. The third-order valence-electron chi connectivity index (χ3n) is 4.99. The number of para-hydroxylation sites is 2. The zero-order valence-electron chi connectivity index (χ0n) is 17.7. The molecule has 1 aliphatic heterocycles. The number of anilines is 1. The van der Waals surface area contributed by atoms with Gasteiger partial charge in [-0.3, -0.25) is 9.59 Å². The molecule has 1 heterocycles. The van der Waals surface area contributed by atoms with Gasteiger partial charge in [0, 0.05) is 23.2 Å². The summed E-state index contributed by atoms with van der Waals surface area (Å²) in [7, 11) is 3.15. The summed E-state index contributed by atoms with van der Waals surface area (Å²) in [5.41, 5.74) is 2.41. The Hall–Kier alpha value is -4.26. The third kappa shape index (κ3) is 4.41. The SMILES string of the molecule is COc1ccccc1C=C1Oc2ccc(C(=O)NCc3ccccc3OC)cc2NC1=O. The number of nitrogens with one attached hydrogen (secondary N) is 2. The van der Waals surface area contributed by atoms with Gasteiger partial charge in [0.1, 0.15) is 11.5 Å². The van der Waals surface area contributed by atoms with Crippen molar-refractivity contribution in [3.8, 4) is 17.2 Å². The fourth-order valence-electron chi connectivity index (χ4n) is 3.36. The van der Waals surface area contributed by atoms with Crippen molar-refractivity contribution in [1.29, 1.82) is 0 Å². The minimum absolute atomic E-state index is 0.135. The van der Waals surface area contributed by atoms with Gasteiger partial charge < -0.3 is 24.8 Å². The summed E-state index contributed by atoms with van der Waals surface area (Å²) < 4.78 is 16.4. The van der Waals surface area contributed by atoms with Crippen LogP contribution in [0.1, 0.15) is 21.5 Å². The maximum absolute atomic E-state index is 12.6. The molecule has 0 aliphatic carbocycles. The van der Waals surface area contributed by atoms with Gasteiger partial charge in [-0.05, 0) is 36.4 Å². The first-order chi connectivity index (χ1) is 15.6. The van der Waals surface area contributed by atoms with Crippen LogP contribution in [0.15, 0.2) is 72.5 Å². The number of carbonyl (C=O) groups excluding carboxylic acids is 2. The average molecular weight is 430 g/mol. The number of hydrogen-bond acceptors (Lipinski definition) is 5. The van der Waals surface area contributed by atoms with E-state index < -0.39 is 5.91 Å². The van der Waals surface area contributed by atoms with E-state index in [1.165, 1.54) is 0 Å². The molecular weight excluding hydrogens is 408 g/mol. The van der Waals surface area contributed by atoms with E-state index in [1.54, 1.807) is 44.6 Å². The van der Waals surface area contributed by atoms with Crippen molar-refractivity contribution in [2.75, 3.05) is 19.5 Å². The molecule has 0 spiro atoms. The van der Waals surface area contributed by atoms with E-state index in [2.05, 4.69) is 10.6 Å². The van der Waals surface area contributed by atoms with Gasteiger partial charge in [0.15, 0.2) is 11.5 Å². The van der Waals surface area contributed by atoms with Crippen LogP contribution in [-0.4, -0.2) is 26.0 Å². The zero-order chi connectivity index (χ0) is 22.5. The van der Waals surface area contributed by atoms with Gasteiger partial charge in [0.05, 0.1) is 19.9 Å². The monoisotopic (exact) mass is 430 g/mol. The second-order valence-electron chi connectivity index (χ2n) is 7.01. The molecule has 0 bridgehead atoms. The summed E-state index contributed by atoms with van der Waals surface area (Å²) in [4.78, 5) is 25.2. The van der Waals surface area contributed by atoms with Crippen molar-refractivity contribution in [2.45, 2.75) is 6.54 Å². The van der Waals surface area contributed by atoms with Crippen molar-refractivity contribution in [3.05, 3.63) is 89.2 Å². The van der Waals surface area contributed by atoms with Gasteiger partial charge >= 0.3 is 0 Å². The molecular formula is C25H22N2O5. The standard InChI is InChI=1S/C25H22N2O5/c1-30-20-9-5-3-7-16(20)14-23-25(29)27-19-13-17(11-12-22(19)32-23)24(28)26-15-18-8-4-6-10-21(18)31-2/h3-14H,15H2,1-2H3,(H,26,28)(H,27,29). The van der Waals surface area contributed by atoms with E-state index in [-0.39, 0.29) is 11.7 Å². The number of benzene rings is 3. The summed E-state index contributed by atoms with van der Waals surface area (Å²) in [5.74, 6) is 1.23. The zero-order valence-corrected chi connectivity index (χ0v) is 17.7. The highest BCUT2D eigenvalue weighted by Crippen LogP contribution is 2.33. The fraction of sp³-hybridized carbons (Fsp3) is 0.120. The predicted molar refractivity (Wildman–Crippen MR) is 121 cm³/mol. The highest BCUT2D eigenvalue weighted by molar-refractivity contribution is 6.09. The van der Waals surface area contributed by atoms with Crippen LogP contribution in [0, 0.1) is 0 Å². The highest BCUT2D eigenvalue weighted by atomic mass is 16.5. The van der Waals surface area contributed by atoms with E-state index in [0.717, 1.165) is 11.1 Å². The van der Waals surface area contributed by atoms with Crippen LogP contribution in [0.25, 0.3) is 6.08 Å². The quantitative estimate of drug-likeness (QED) is 0.577. The second kappa shape index (κ2) is 9.26. The minimum atomic E-state index is -0.407. The average Bonchev–Trinajstić information content (AvgIpc) is 2.83. The highest BCUT2D eigenvalue weighted by Gasteiger charge is 2.23. The number of hydrogen-bond donors (Lipinski definition) is 2. The number of amides is 2. The van der Waals surface area contributed by atoms with Crippen molar-refractivity contribution < 1.29 is 23.8 Å². The van der Waals surface area contributed by atoms with Crippen molar-refractivity contribution in [3.63, 3.8) is 0 Å². The first kappa shape index (κ1) is 21.0. The van der Waals surface area contributed by atoms with Crippen LogP contribution >= 0.6 is 0 Å².